The molecule has 0 amide bonds. The first-order valence-corrected chi connectivity index (χ1v) is 3.66. The molecule has 0 bridgehead atoms. The number of aliphatic hydroxyl groups excluding tert-OH is 1. The van der Waals surface area contributed by atoms with E-state index >= 15 is 0 Å². The van der Waals surface area contributed by atoms with Crippen molar-refractivity contribution in [2.75, 3.05) is 0 Å². The van der Waals surface area contributed by atoms with E-state index < -0.39 is 0 Å². The van der Waals surface area contributed by atoms with Gasteiger partial charge in [-0.3, -0.25) is 4.79 Å². The fraction of sp³-hybridized carbons (Fsp3) is 0.100. The Morgan fingerprint density at radius 2 is 1.92 bits per heavy atom. The molecule has 1 rings (SSSR count). The highest BCUT2D eigenvalue weighted by atomic mass is 16.2. The number of benzene rings is 1. The number of carbonyl (C=O) groups excluding carboxylic acids is 1. The Kier molecular flexibility index (Phi) is 2.64. The van der Waals surface area contributed by atoms with Crippen LogP contribution in [0.2, 0.25) is 0 Å². The van der Waals surface area contributed by atoms with Gasteiger partial charge in [0, 0.05) is 0 Å². The highest BCUT2D eigenvalue weighted by Crippen LogP contribution is 2.13. The Bertz CT molecular complexity index is 299. The minimum absolute atomic E-state index is 0.135. The summed E-state index contributed by atoms with van der Waals surface area (Å²) in [4.78, 5) is 10.9. The van der Waals surface area contributed by atoms with E-state index in [2.05, 4.69) is 0 Å². The molecule has 0 heterocycles. The number of carbonyl (C=O) groups is 1. The van der Waals surface area contributed by atoms with Gasteiger partial charge in [-0.1, -0.05) is 30.3 Å². The zero-order chi connectivity index (χ0) is 8.97. The highest BCUT2D eigenvalue weighted by Gasteiger charge is 2.05. The first kappa shape index (κ1) is 8.53. The molecule has 0 aliphatic heterocycles. The predicted octanol–water partition coefficient (Wildman–Crippen LogP) is 2.17. The van der Waals surface area contributed by atoms with Crippen LogP contribution in [0.1, 0.15) is 12.5 Å². The van der Waals surface area contributed by atoms with Gasteiger partial charge in [-0.2, -0.15) is 0 Å². The van der Waals surface area contributed by atoms with Gasteiger partial charge in [0.1, 0.15) is 0 Å². The lowest BCUT2D eigenvalue weighted by Gasteiger charge is -1.99. The second-order valence-corrected chi connectivity index (χ2v) is 2.46. The number of Topliss-reactive ketones (excluding diaryl/α,β-unsaturated/α-hetero) is 1. The van der Waals surface area contributed by atoms with Gasteiger partial charge in [-0.25, -0.2) is 0 Å². The Morgan fingerprint density at radius 3 is 2.33 bits per heavy atom. The molecule has 0 saturated carbocycles. The summed E-state index contributed by atoms with van der Waals surface area (Å²) in [7, 11) is 0. The minimum Gasteiger partial charge on any atom is -0.515 e. The molecule has 0 radical (unpaired) electrons. The van der Waals surface area contributed by atoms with Gasteiger partial charge in [-0.15, -0.1) is 0 Å². The highest BCUT2D eigenvalue weighted by molar-refractivity contribution is 6.19. The zero-order valence-corrected chi connectivity index (χ0v) is 6.82. The molecule has 1 N–H and O–H groups in total. The van der Waals surface area contributed by atoms with E-state index in [0.29, 0.717) is 5.57 Å². The van der Waals surface area contributed by atoms with Crippen LogP contribution < -0.4 is 0 Å². The second-order valence-electron chi connectivity index (χ2n) is 2.46. The van der Waals surface area contributed by atoms with E-state index in [1.807, 2.05) is 18.2 Å². The average molecular weight is 162 g/mol. The maximum atomic E-state index is 10.9. The fourth-order valence-electron chi connectivity index (χ4n) is 0.986. The van der Waals surface area contributed by atoms with Crippen LogP contribution in [0, 0.1) is 0 Å². The summed E-state index contributed by atoms with van der Waals surface area (Å²) in [5.41, 5.74) is 1.09. The maximum absolute atomic E-state index is 10.9. The van der Waals surface area contributed by atoms with Crippen molar-refractivity contribution >= 4 is 11.4 Å². The Balaban J connectivity index is 3.05. The summed E-state index contributed by atoms with van der Waals surface area (Å²) >= 11 is 0. The topological polar surface area (TPSA) is 37.3 Å². The van der Waals surface area contributed by atoms with Crippen molar-refractivity contribution in [3.63, 3.8) is 0 Å². The molecular formula is C10H10O2. The van der Waals surface area contributed by atoms with Crippen molar-refractivity contribution in [1.82, 2.24) is 0 Å². The molecule has 0 aromatic heterocycles. The summed E-state index contributed by atoms with van der Waals surface area (Å²) < 4.78 is 0. The van der Waals surface area contributed by atoms with E-state index in [9.17, 15) is 4.79 Å². The van der Waals surface area contributed by atoms with Crippen molar-refractivity contribution in [2.45, 2.75) is 6.92 Å². The zero-order valence-electron chi connectivity index (χ0n) is 6.82. The molecule has 1 aromatic rings. The van der Waals surface area contributed by atoms with Gasteiger partial charge in [0.15, 0.2) is 5.78 Å². The molecule has 1 aromatic carbocycles. The Hall–Kier alpha value is -1.57. The third-order valence-corrected chi connectivity index (χ3v) is 1.59. The van der Waals surface area contributed by atoms with Crippen LogP contribution in [0.25, 0.3) is 5.57 Å². The molecule has 0 fully saturated rings. The van der Waals surface area contributed by atoms with Gasteiger partial charge < -0.3 is 5.11 Å². The minimum atomic E-state index is -0.135. The lowest BCUT2D eigenvalue weighted by atomic mass is 10.0. The first-order valence-electron chi connectivity index (χ1n) is 3.66. The lowest BCUT2D eigenvalue weighted by Crippen LogP contribution is -1.95. The molecule has 0 unspecified atom stereocenters. The third kappa shape index (κ3) is 1.72. The van der Waals surface area contributed by atoms with Crippen LogP contribution in [0.4, 0.5) is 0 Å². The van der Waals surface area contributed by atoms with Crippen molar-refractivity contribution in [3.05, 3.63) is 42.2 Å². The van der Waals surface area contributed by atoms with E-state index in [1.54, 1.807) is 12.1 Å². The largest absolute Gasteiger partial charge is 0.515 e. The quantitative estimate of drug-likeness (QED) is 0.534. The molecule has 0 saturated heterocycles. The second kappa shape index (κ2) is 3.72. The lowest BCUT2D eigenvalue weighted by molar-refractivity contribution is -0.111. The Labute approximate surface area is 71.2 Å². The number of aliphatic hydroxyl groups is 1. The van der Waals surface area contributed by atoms with Crippen molar-refractivity contribution in [3.8, 4) is 0 Å². The van der Waals surface area contributed by atoms with Gasteiger partial charge in [-0.05, 0) is 12.5 Å². The van der Waals surface area contributed by atoms with E-state index in [0.717, 1.165) is 11.8 Å². The van der Waals surface area contributed by atoms with Gasteiger partial charge >= 0.3 is 0 Å². The summed E-state index contributed by atoms with van der Waals surface area (Å²) in [5.74, 6) is -0.135. The molecular weight excluding hydrogens is 152 g/mol. The fourth-order valence-corrected chi connectivity index (χ4v) is 0.986. The molecule has 0 aliphatic carbocycles. The average Bonchev–Trinajstić information content (AvgIpc) is 2.07. The van der Waals surface area contributed by atoms with Crippen LogP contribution in [-0.4, -0.2) is 10.9 Å². The van der Waals surface area contributed by atoms with Crippen molar-refractivity contribution < 1.29 is 9.90 Å². The molecule has 62 valence electrons. The van der Waals surface area contributed by atoms with E-state index in [4.69, 9.17) is 5.11 Å². The Morgan fingerprint density at radius 1 is 1.33 bits per heavy atom. The molecule has 0 spiro atoms. The summed E-state index contributed by atoms with van der Waals surface area (Å²) in [6.07, 6.45) is 0.845. The van der Waals surface area contributed by atoms with Crippen LogP contribution in [-0.2, 0) is 4.79 Å². The number of ketones is 1. The monoisotopic (exact) mass is 162 g/mol. The summed E-state index contributed by atoms with van der Waals surface area (Å²) in [6, 6.07) is 9.06. The molecule has 2 heteroatoms. The predicted molar refractivity (Wildman–Crippen MR) is 47.7 cm³/mol. The van der Waals surface area contributed by atoms with Gasteiger partial charge in [0.25, 0.3) is 0 Å². The van der Waals surface area contributed by atoms with Crippen LogP contribution in [0.3, 0.4) is 0 Å². The molecule has 2 nitrogen and oxygen atoms in total. The van der Waals surface area contributed by atoms with E-state index in [1.165, 1.54) is 6.92 Å². The third-order valence-electron chi connectivity index (χ3n) is 1.59. The van der Waals surface area contributed by atoms with Gasteiger partial charge in [0.2, 0.25) is 0 Å². The van der Waals surface area contributed by atoms with Crippen LogP contribution in [0.5, 0.6) is 0 Å². The number of hydrogen-bond acceptors (Lipinski definition) is 2. The number of rotatable bonds is 2. The number of hydrogen-bond donors (Lipinski definition) is 1. The van der Waals surface area contributed by atoms with Gasteiger partial charge in [0.05, 0.1) is 11.8 Å². The van der Waals surface area contributed by atoms with Crippen LogP contribution in [0.15, 0.2) is 36.6 Å². The van der Waals surface area contributed by atoms with Crippen molar-refractivity contribution in [1.29, 1.82) is 0 Å². The SMILES string of the molecule is CC(=O)C(=CO)c1ccccc1. The maximum Gasteiger partial charge on any atom is 0.163 e. The molecule has 0 atom stereocenters. The molecule has 0 aliphatic rings. The van der Waals surface area contributed by atoms with Crippen molar-refractivity contribution in [2.24, 2.45) is 0 Å². The van der Waals surface area contributed by atoms with E-state index in [-0.39, 0.29) is 5.78 Å². The molecule has 12 heavy (non-hydrogen) atoms. The normalized spacial score (nSPS) is 11.2. The first-order chi connectivity index (χ1) is 5.75. The van der Waals surface area contributed by atoms with Crippen LogP contribution >= 0.6 is 0 Å². The summed E-state index contributed by atoms with van der Waals surface area (Å²) in [6.45, 7) is 1.43. The standard InChI is InChI=1S/C10H10O2/c1-8(12)10(7-11)9-5-3-2-4-6-9/h2-7,11H,1H3. The number of allylic oxidation sites excluding steroid dienone is 1. The smallest absolute Gasteiger partial charge is 0.163 e. The summed E-state index contributed by atoms with van der Waals surface area (Å²) in [5, 5.41) is 8.77.